The lowest BCUT2D eigenvalue weighted by atomic mass is 10.3. The number of non-ortho nitro benzene ring substituents is 1. The van der Waals surface area contributed by atoms with E-state index in [-0.39, 0.29) is 10.6 Å². The second-order valence-electron chi connectivity index (χ2n) is 6.69. The van der Waals surface area contributed by atoms with Crippen LogP contribution < -0.4 is 15.4 Å². The Kier molecular flexibility index (Phi) is 6.09. The summed E-state index contributed by atoms with van der Waals surface area (Å²) in [5.41, 5.74) is 0.822. The van der Waals surface area contributed by atoms with Crippen LogP contribution in [0.15, 0.2) is 90.2 Å². The highest BCUT2D eigenvalue weighted by molar-refractivity contribution is 7.92. The predicted octanol–water partition coefficient (Wildman–Crippen LogP) is 4.07. The smallest absolute Gasteiger partial charge is 0.269 e. The van der Waals surface area contributed by atoms with E-state index in [0.717, 1.165) is 12.1 Å². The number of sulfonamides is 1. The van der Waals surface area contributed by atoms with Crippen LogP contribution in [0.5, 0.6) is 0 Å². The highest BCUT2D eigenvalue weighted by Crippen LogP contribution is 2.23. The average molecular weight is 463 g/mol. The van der Waals surface area contributed by atoms with Crippen molar-refractivity contribution in [2.75, 3.05) is 15.4 Å². The van der Waals surface area contributed by atoms with Crippen molar-refractivity contribution in [3.8, 4) is 0 Å². The van der Waals surface area contributed by atoms with Gasteiger partial charge in [0.15, 0.2) is 0 Å². The Morgan fingerprint density at radius 3 is 2.06 bits per heavy atom. The zero-order chi connectivity index (χ0) is 23.3. The molecule has 33 heavy (non-hydrogen) atoms. The van der Waals surface area contributed by atoms with E-state index in [4.69, 9.17) is 0 Å². The minimum absolute atomic E-state index is 0.0794. The maximum atomic E-state index is 12.5. The first-order chi connectivity index (χ1) is 15.9. The van der Waals surface area contributed by atoms with Crippen LogP contribution in [0.2, 0.25) is 0 Å². The molecule has 0 aliphatic rings. The third-order valence-corrected chi connectivity index (χ3v) is 5.75. The summed E-state index contributed by atoms with van der Waals surface area (Å²) in [6.45, 7) is 0. The van der Waals surface area contributed by atoms with Gasteiger partial charge in [0.1, 0.15) is 23.8 Å². The van der Waals surface area contributed by atoms with Gasteiger partial charge in [0.2, 0.25) is 0 Å². The molecule has 4 aromatic rings. The maximum absolute atomic E-state index is 12.5. The molecule has 2 aromatic carbocycles. The summed E-state index contributed by atoms with van der Waals surface area (Å²) in [7, 11) is -3.89. The van der Waals surface area contributed by atoms with E-state index in [1.807, 2.05) is 18.2 Å². The molecule has 0 aliphatic carbocycles. The molecule has 11 nitrogen and oxygen atoms in total. The van der Waals surface area contributed by atoms with Crippen molar-refractivity contribution in [2.45, 2.75) is 4.90 Å². The van der Waals surface area contributed by atoms with Crippen molar-refractivity contribution in [2.24, 2.45) is 0 Å². The number of pyridine rings is 1. The monoisotopic (exact) mass is 463 g/mol. The van der Waals surface area contributed by atoms with Gasteiger partial charge >= 0.3 is 0 Å². The van der Waals surface area contributed by atoms with Crippen LogP contribution in [-0.2, 0) is 10.0 Å². The van der Waals surface area contributed by atoms with Crippen molar-refractivity contribution < 1.29 is 13.3 Å². The average Bonchev–Trinajstić information content (AvgIpc) is 2.81. The van der Waals surface area contributed by atoms with Crippen molar-refractivity contribution >= 4 is 44.5 Å². The van der Waals surface area contributed by atoms with Gasteiger partial charge in [-0.25, -0.2) is 23.4 Å². The predicted molar refractivity (Wildman–Crippen MR) is 123 cm³/mol. The zero-order valence-electron chi connectivity index (χ0n) is 16.9. The number of hydrogen-bond donors (Lipinski definition) is 3. The maximum Gasteiger partial charge on any atom is 0.269 e. The van der Waals surface area contributed by atoms with E-state index in [2.05, 4.69) is 30.3 Å². The van der Waals surface area contributed by atoms with Crippen molar-refractivity contribution in [1.29, 1.82) is 0 Å². The van der Waals surface area contributed by atoms with Gasteiger partial charge in [0.25, 0.3) is 15.7 Å². The molecule has 0 bridgehead atoms. The topological polar surface area (TPSA) is 152 Å². The van der Waals surface area contributed by atoms with Crippen LogP contribution in [0.4, 0.5) is 34.5 Å². The highest BCUT2D eigenvalue weighted by Gasteiger charge is 2.16. The van der Waals surface area contributed by atoms with Gasteiger partial charge in [-0.1, -0.05) is 6.07 Å². The molecular formula is C21H17N7O4S. The van der Waals surface area contributed by atoms with Crippen LogP contribution in [-0.4, -0.2) is 28.3 Å². The van der Waals surface area contributed by atoms with E-state index < -0.39 is 14.9 Å². The van der Waals surface area contributed by atoms with Crippen LogP contribution in [0, 0.1) is 10.1 Å². The van der Waals surface area contributed by atoms with Crippen LogP contribution >= 0.6 is 0 Å². The Balaban J connectivity index is 1.42. The molecule has 12 heteroatoms. The number of nitro benzene ring substituents is 1. The number of nitrogens with zero attached hydrogens (tertiary/aromatic N) is 4. The summed E-state index contributed by atoms with van der Waals surface area (Å²) in [5.74, 6) is 1.73. The van der Waals surface area contributed by atoms with E-state index >= 15 is 0 Å². The van der Waals surface area contributed by atoms with Crippen LogP contribution in [0.3, 0.4) is 0 Å². The van der Waals surface area contributed by atoms with Gasteiger partial charge in [0.05, 0.1) is 9.82 Å². The Hall–Kier alpha value is -4.58. The second-order valence-corrected chi connectivity index (χ2v) is 8.37. The lowest BCUT2D eigenvalue weighted by Crippen LogP contribution is -2.12. The number of hydrogen-bond acceptors (Lipinski definition) is 9. The summed E-state index contributed by atoms with van der Waals surface area (Å²) in [6.07, 6.45) is 3.07. The molecule has 0 saturated heterocycles. The Labute approximate surface area is 188 Å². The van der Waals surface area contributed by atoms with E-state index in [9.17, 15) is 18.5 Å². The first kappa shape index (κ1) is 21.6. The first-order valence-electron chi connectivity index (χ1n) is 9.53. The Morgan fingerprint density at radius 1 is 0.758 bits per heavy atom. The number of rotatable bonds is 8. The summed E-state index contributed by atoms with van der Waals surface area (Å²) < 4.78 is 27.5. The molecule has 0 fully saturated rings. The molecule has 0 spiro atoms. The van der Waals surface area contributed by atoms with Gasteiger partial charge in [-0.05, 0) is 48.5 Å². The minimum Gasteiger partial charge on any atom is -0.340 e. The Bertz CT molecular complexity index is 1360. The third-order valence-electron chi connectivity index (χ3n) is 4.36. The van der Waals surface area contributed by atoms with Crippen molar-refractivity contribution in [3.05, 3.63) is 95.4 Å². The molecule has 0 radical (unpaired) electrons. The molecule has 0 saturated carbocycles. The molecule has 4 rings (SSSR count). The normalized spacial score (nSPS) is 10.9. The molecule has 0 amide bonds. The number of nitro groups is 1. The quantitative estimate of drug-likeness (QED) is 0.259. The van der Waals surface area contributed by atoms with E-state index in [0.29, 0.717) is 28.8 Å². The summed E-state index contributed by atoms with van der Waals surface area (Å²) >= 11 is 0. The fourth-order valence-electron chi connectivity index (χ4n) is 2.79. The molecule has 0 unspecified atom stereocenters. The summed E-state index contributed by atoms with van der Waals surface area (Å²) in [5, 5.41) is 16.9. The van der Waals surface area contributed by atoms with Gasteiger partial charge in [-0.15, -0.1) is 0 Å². The lowest BCUT2D eigenvalue weighted by Gasteiger charge is -2.10. The minimum atomic E-state index is -3.89. The fourth-order valence-corrected chi connectivity index (χ4v) is 3.85. The van der Waals surface area contributed by atoms with Gasteiger partial charge in [-0.2, -0.15) is 0 Å². The van der Waals surface area contributed by atoms with Crippen LogP contribution in [0.1, 0.15) is 0 Å². The molecule has 2 aromatic heterocycles. The summed E-state index contributed by atoms with van der Waals surface area (Å²) in [6, 6.07) is 18.4. The fraction of sp³-hybridized carbons (Fsp3) is 0. The van der Waals surface area contributed by atoms with Gasteiger partial charge in [0, 0.05) is 35.8 Å². The number of nitrogens with one attached hydrogen (secondary N) is 3. The summed E-state index contributed by atoms with van der Waals surface area (Å²) in [4.78, 5) is 22.6. The molecule has 166 valence electrons. The number of aromatic nitrogens is 3. The SMILES string of the molecule is O=[N+]([O-])c1ccc(S(=O)(=O)Nc2ccc(Nc3cc(Nc4ccccn4)ncn3)cc2)cc1. The first-order valence-corrected chi connectivity index (χ1v) is 11.0. The molecular weight excluding hydrogens is 446 g/mol. The largest absolute Gasteiger partial charge is 0.340 e. The standard InChI is InChI=1S/C21H17N7O4S/c29-28(30)17-8-10-18(11-9-17)33(31,32)27-16-6-4-15(5-7-16)25-20-13-21(24-14-23-20)26-19-3-1-2-12-22-19/h1-14,27H,(H2,22,23,24,25,26). The number of anilines is 5. The molecule has 2 heterocycles. The zero-order valence-corrected chi connectivity index (χ0v) is 17.7. The van der Waals surface area contributed by atoms with E-state index in [1.165, 1.54) is 18.5 Å². The lowest BCUT2D eigenvalue weighted by molar-refractivity contribution is -0.384. The molecule has 0 atom stereocenters. The van der Waals surface area contributed by atoms with E-state index in [1.54, 1.807) is 36.5 Å². The van der Waals surface area contributed by atoms with Crippen molar-refractivity contribution in [3.63, 3.8) is 0 Å². The molecule has 3 N–H and O–H groups in total. The Morgan fingerprint density at radius 2 is 1.42 bits per heavy atom. The van der Waals surface area contributed by atoms with Crippen molar-refractivity contribution in [1.82, 2.24) is 15.0 Å². The van der Waals surface area contributed by atoms with Crippen LogP contribution in [0.25, 0.3) is 0 Å². The molecule has 0 aliphatic heterocycles. The second kappa shape index (κ2) is 9.28. The van der Waals surface area contributed by atoms with Gasteiger partial charge < -0.3 is 10.6 Å². The highest BCUT2D eigenvalue weighted by atomic mass is 32.2. The van der Waals surface area contributed by atoms with Gasteiger partial charge in [-0.3, -0.25) is 14.8 Å². The number of benzene rings is 2. The third kappa shape index (κ3) is 5.57.